The number of ether oxygens (including phenoxy) is 1. The molecule has 1 aliphatic rings. The van der Waals surface area contributed by atoms with Crippen LogP contribution in [0.1, 0.15) is 11.1 Å². The minimum atomic E-state index is -0.127. The lowest BCUT2D eigenvalue weighted by molar-refractivity contribution is -0.128. The number of aliphatic hydroxyl groups is 1. The van der Waals surface area contributed by atoms with Crippen molar-refractivity contribution < 1.29 is 14.6 Å². The van der Waals surface area contributed by atoms with Gasteiger partial charge in [-0.3, -0.25) is 9.78 Å². The van der Waals surface area contributed by atoms with Gasteiger partial charge in [-0.2, -0.15) is 0 Å². The molecule has 1 amide bonds. The summed E-state index contributed by atoms with van der Waals surface area (Å²) in [5, 5.41) is 9.26. The number of rotatable bonds is 5. The molecule has 1 aromatic carbocycles. The maximum absolute atomic E-state index is 12.7. The fourth-order valence-corrected chi connectivity index (χ4v) is 2.53. The van der Waals surface area contributed by atoms with Crippen LogP contribution in [-0.2, 0) is 11.3 Å². The molecule has 0 aliphatic carbocycles. The van der Waals surface area contributed by atoms with Crippen LogP contribution >= 0.6 is 0 Å². The standard InChI is InChI=1S/C18H18N2O3/c21-9-8-20(12-14-4-3-7-19-11-14)18(22)16-10-15-5-1-2-6-17(15)23-13-16/h1-7,10-11,21H,8-9,12-13H2. The van der Waals surface area contributed by atoms with Gasteiger partial charge in [0.05, 0.1) is 12.2 Å². The molecule has 2 aromatic rings. The van der Waals surface area contributed by atoms with Crippen molar-refractivity contribution in [1.82, 2.24) is 9.88 Å². The number of carbonyl (C=O) groups is 1. The van der Waals surface area contributed by atoms with Crippen molar-refractivity contribution in [3.63, 3.8) is 0 Å². The molecule has 0 spiro atoms. The van der Waals surface area contributed by atoms with Gasteiger partial charge in [0.1, 0.15) is 12.4 Å². The number of amides is 1. The second kappa shape index (κ2) is 7.07. The highest BCUT2D eigenvalue weighted by Crippen LogP contribution is 2.26. The summed E-state index contributed by atoms with van der Waals surface area (Å²) in [6.07, 6.45) is 5.27. The molecule has 2 heterocycles. The lowest BCUT2D eigenvalue weighted by Gasteiger charge is -2.25. The molecule has 0 atom stereocenters. The van der Waals surface area contributed by atoms with Gasteiger partial charge in [0.15, 0.2) is 0 Å². The van der Waals surface area contributed by atoms with Crippen LogP contribution in [0, 0.1) is 0 Å². The van der Waals surface area contributed by atoms with Crippen molar-refractivity contribution >= 4 is 12.0 Å². The zero-order valence-electron chi connectivity index (χ0n) is 12.7. The zero-order valence-corrected chi connectivity index (χ0v) is 12.7. The zero-order chi connectivity index (χ0) is 16.1. The van der Waals surface area contributed by atoms with E-state index in [0.717, 1.165) is 16.9 Å². The van der Waals surface area contributed by atoms with Gasteiger partial charge in [-0.05, 0) is 23.8 Å². The molecule has 1 N–H and O–H groups in total. The van der Waals surface area contributed by atoms with E-state index < -0.39 is 0 Å². The molecule has 5 heteroatoms. The lowest BCUT2D eigenvalue weighted by Crippen LogP contribution is -2.36. The molecule has 5 nitrogen and oxygen atoms in total. The Labute approximate surface area is 134 Å². The van der Waals surface area contributed by atoms with Crippen LogP contribution in [0.3, 0.4) is 0 Å². The van der Waals surface area contributed by atoms with E-state index in [9.17, 15) is 9.90 Å². The molecular weight excluding hydrogens is 292 g/mol. The molecule has 0 fully saturated rings. The average Bonchev–Trinajstić information content (AvgIpc) is 2.61. The number of carbonyl (C=O) groups excluding carboxylic acids is 1. The number of fused-ring (bicyclic) bond motifs is 1. The Hall–Kier alpha value is -2.66. The second-order valence-electron chi connectivity index (χ2n) is 5.31. The van der Waals surface area contributed by atoms with Gasteiger partial charge in [0, 0.05) is 31.0 Å². The first-order chi connectivity index (χ1) is 11.3. The van der Waals surface area contributed by atoms with Crippen molar-refractivity contribution in [3.05, 3.63) is 65.5 Å². The molecule has 0 unspecified atom stereocenters. The van der Waals surface area contributed by atoms with Crippen LogP contribution in [0.5, 0.6) is 5.75 Å². The van der Waals surface area contributed by atoms with Crippen molar-refractivity contribution in [1.29, 1.82) is 0 Å². The quantitative estimate of drug-likeness (QED) is 0.916. The number of hydrogen-bond donors (Lipinski definition) is 1. The SMILES string of the molecule is O=C(C1=Cc2ccccc2OC1)N(CCO)Cc1cccnc1. The minimum Gasteiger partial charge on any atom is -0.488 e. The van der Waals surface area contributed by atoms with Crippen molar-refractivity contribution in [2.75, 3.05) is 19.8 Å². The molecule has 1 aromatic heterocycles. The fraction of sp³-hybridized carbons (Fsp3) is 0.222. The largest absolute Gasteiger partial charge is 0.488 e. The van der Waals surface area contributed by atoms with Gasteiger partial charge < -0.3 is 14.7 Å². The van der Waals surface area contributed by atoms with Crippen LogP contribution in [0.25, 0.3) is 6.08 Å². The van der Waals surface area contributed by atoms with Crippen LogP contribution in [0.4, 0.5) is 0 Å². The number of aliphatic hydroxyl groups excluding tert-OH is 1. The van der Waals surface area contributed by atoms with Crippen LogP contribution in [0.15, 0.2) is 54.4 Å². The third-order valence-electron chi connectivity index (χ3n) is 3.66. The molecule has 3 rings (SSSR count). The van der Waals surface area contributed by atoms with E-state index in [1.807, 2.05) is 42.5 Å². The Bertz CT molecular complexity index is 713. The van der Waals surface area contributed by atoms with Crippen molar-refractivity contribution in [2.24, 2.45) is 0 Å². The van der Waals surface area contributed by atoms with Crippen molar-refractivity contribution in [3.8, 4) is 5.75 Å². The van der Waals surface area contributed by atoms with E-state index in [-0.39, 0.29) is 25.7 Å². The first kappa shape index (κ1) is 15.2. The maximum atomic E-state index is 12.7. The minimum absolute atomic E-state index is 0.0866. The molecule has 118 valence electrons. The summed E-state index contributed by atoms with van der Waals surface area (Å²) in [4.78, 5) is 18.4. The van der Waals surface area contributed by atoms with Gasteiger partial charge in [-0.1, -0.05) is 24.3 Å². The Morgan fingerprint density at radius 1 is 1.26 bits per heavy atom. The summed E-state index contributed by atoms with van der Waals surface area (Å²) >= 11 is 0. The summed E-state index contributed by atoms with van der Waals surface area (Å²) in [6, 6.07) is 11.3. The Balaban J connectivity index is 1.80. The summed E-state index contributed by atoms with van der Waals surface area (Å²) in [5.41, 5.74) is 2.40. The van der Waals surface area contributed by atoms with Gasteiger partial charge in [-0.25, -0.2) is 0 Å². The predicted molar refractivity (Wildman–Crippen MR) is 86.7 cm³/mol. The molecular formula is C18H18N2O3. The molecule has 0 saturated heterocycles. The first-order valence-corrected chi connectivity index (χ1v) is 7.49. The van der Waals surface area contributed by atoms with Crippen molar-refractivity contribution in [2.45, 2.75) is 6.54 Å². The summed E-state index contributed by atoms with van der Waals surface area (Å²) in [5.74, 6) is 0.655. The van der Waals surface area contributed by atoms with Crippen LogP contribution in [-0.4, -0.2) is 40.7 Å². The summed E-state index contributed by atoms with van der Waals surface area (Å²) in [6.45, 7) is 0.834. The van der Waals surface area contributed by atoms with E-state index in [1.165, 1.54) is 0 Å². The number of nitrogens with zero attached hydrogens (tertiary/aromatic N) is 2. The molecule has 0 bridgehead atoms. The normalized spacial score (nSPS) is 12.8. The Kier molecular flexibility index (Phi) is 4.68. The number of benzene rings is 1. The maximum Gasteiger partial charge on any atom is 0.253 e. The first-order valence-electron chi connectivity index (χ1n) is 7.49. The smallest absolute Gasteiger partial charge is 0.253 e. The lowest BCUT2D eigenvalue weighted by atomic mass is 10.1. The highest BCUT2D eigenvalue weighted by molar-refractivity contribution is 5.99. The second-order valence-corrected chi connectivity index (χ2v) is 5.31. The molecule has 23 heavy (non-hydrogen) atoms. The average molecular weight is 310 g/mol. The summed E-state index contributed by atoms with van der Waals surface area (Å²) < 4.78 is 5.65. The number of para-hydroxylation sites is 1. The van der Waals surface area contributed by atoms with Gasteiger partial charge in [0.25, 0.3) is 5.91 Å². The van der Waals surface area contributed by atoms with E-state index in [4.69, 9.17) is 4.74 Å². The number of pyridine rings is 1. The highest BCUT2D eigenvalue weighted by Gasteiger charge is 2.22. The van der Waals surface area contributed by atoms with Gasteiger partial charge >= 0.3 is 0 Å². The Morgan fingerprint density at radius 3 is 2.91 bits per heavy atom. The number of hydrogen-bond acceptors (Lipinski definition) is 4. The van der Waals surface area contributed by atoms with Crippen LogP contribution in [0.2, 0.25) is 0 Å². The predicted octanol–water partition coefficient (Wildman–Crippen LogP) is 1.88. The van der Waals surface area contributed by atoms with Crippen LogP contribution < -0.4 is 4.74 Å². The van der Waals surface area contributed by atoms with E-state index in [2.05, 4.69) is 4.98 Å². The fourth-order valence-electron chi connectivity index (χ4n) is 2.53. The molecule has 0 radical (unpaired) electrons. The monoisotopic (exact) mass is 310 g/mol. The summed E-state index contributed by atoms with van der Waals surface area (Å²) in [7, 11) is 0. The molecule has 1 aliphatic heterocycles. The highest BCUT2D eigenvalue weighted by atomic mass is 16.5. The van der Waals surface area contributed by atoms with E-state index in [1.54, 1.807) is 17.3 Å². The van der Waals surface area contributed by atoms with Gasteiger partial charge in [-0.15, -0.1) is 0 Å². The van der Waals surface area contributed by atoms with E-state index in [0.29, 0.717) is 12.1 Å². The van der Waals surface area contributed by atoms with Gasteiger partial charge in [0.2, 0.25) is 0 Å². The molecule has 0 saturated carbocycles. The van der Waals surface area contributed by atoms with E-state index >= 15 is 0 Å². The third kappa shape index (κ3) is 3.57. The topological polar surface area (TPSA) is 62.7 Å². The Morgan fingerprint density at radius 2 is 2.13 bits per heavy atom. The third-order valence-corrected chi connectivity index (χ3v) is 3.66. The number of aromatic nitrogens is 1.